The van der Waals surface area contributed by atoms with E-state index in [1.165, 1.54) is 0 Å². The Balaban J connectivity index is 2.05. The van der Waals surface area contributed by atoms with Crippen LogP contribution >= 0.6 is 11.6 Å². The van der Waals surface area contributed by atoms with Gasteiger partial charge in [-0.2, -0.15) is 0 Å². The second-order valence-electron chi connectivity index (χ2n) is 5.45. The molecular weight excluding hydrogens is 248 g/mol. The number of halogens is 1. The summed E-state index contributed by atoms with van der Waals surface area (Å²) in [6, 6.07) is 6.14. The second-order valence-corrected chi connectivity index (χ2v) is 5.86. The predicted molar refractivity (Wildman–Crippen MR) is 75.0 cm³/mol. The molecule has 1 aliphatic rings. The number of phenolic OH excluding ortho intramolecular Hbond substituents is 1. The van der Waals surface area contributed by atoms with Crippen LogP contribution in [-0.4, -0.2) is 48.1 Å². The van der Waals surface area contributed by atoms with E-state index in [1.54, 1.807) is 6.07 Å². The molecule has 0 bridgehead atoms. The summed E-state index contributed by atoms with van der Waals surface area (Å²) >= 11 is 5.93. The van der Waals surface area contributed by atoms with Crippen molar-refractivity contribution >= 4 is 11.6 Å². The SMILES string of the molecule is CC1CN(Cc2cccc(Cl)c2O)CC1N(C)C. The fourth-order valence-electron chi connectivity index (χ4n) is 2.78. The van der Waals surface area contributed by atoms with E-state index in [0.29, 0.717) is 17.0 Å². The van der Waals surface area contributed by atoms with E-state index in [-0.39, 0.29) is 5.75 Å². The molecule has 0 aromatic heterocycles. The summed E-state index contributed by atoms with van der Waals surface area (Å²) in [6.45, 7) is 5.15. The van der Waals surface area contributed by atoms with Gasteiger partial charge in [-0.25, -0.2) is 0 Å². The van der Waals surface area contributed by atoms with Gasteiger partial charge < -0.3 is 10.0 Å². The fourth-order valence-corrected chi connectivity index (χ4v) is 2.97. The highest BCUT2D eigenvalue weighted by atomic mass is 35.5. The van der Waals surface area contributed by atoms with E-state index in [2.05, 4.69) is 30.8 Å². The van der Waals surface area contributed by atoms with Gasteiger partial charge in [0.25, 0.3) is 0 Å². The van der Waals surface area contributed by atoms with Gasteiger partial charge in [-0.05, 0) is 26.1 Å². The van der Waals surface area contributed by atoms with E-state index < -0.39 is 0 Å². The summed E-state index contributed by atoms with van der Waals surface area (Å²) in [6.07, 6.45) is 0. The van der Waals surface area contributed by atoms with Crippen LogP contribution in [0.3, 0.4) is 0 Å². The molecule has 0 aliphatic carbocycles. The van der Waals surface area contributed by atoms with Crippen LogP contribution in [0.25, 0.3) is 0 Å². The molecule has 0 radical (unpaired) electrons. The van der Waals surface area contributed by atoms with Gasteiger partial charge in [0.05, 0.1) is 5.02 Å². The molecule has 1 heterocycles. The number of aromatic hydroxyl groups is 1. The molecule has 0 saturated carbocycles. The van der Waals surface area contributed by atoms with Crippen LogP contribution in [0.4, 0.5) is 0 Å². The minimum Gasteiger partial charge on any atom is -0.506 e. The Morgan fingerprint density at radius 2 is 2.11 bits per heavy atom. The van der Waals surface area contributed by atoms with Crippen LogP contribution in [0.1, 0.15) is 12.5 Å². The molecule has 100 valence electrons. The van der Waals surface area contributed by atoms with Crippen LogP contribution in [0.2, 0.25) is 5.02 Å². The lowest BCUT2D eigenvalue weighted by molar-refractivity contribution is 0.249. The molecule has 18 heavy (non-hydrogen) atoms. The molecule has 3 nitrogen and oxygen atoms in total. The van der Waals surface area contributed by atoms with Crippen molar-refractivity contribution in [2.24, 2.45) is 5.92 Å². The van der Waals surface area contributed by atoms with Gasteiger partial charge in [0.1, 0.15) is 5.75 Å². The maximum atomic E-state index is 9.93. The van der Waals surface area contributed by atoms with Crippen molar-refractivity contribution in [3.8, 4) is 5.75 Å². The average molecular weight is 269 g/mol. The molecule has 1 aromatic carbocycles. The summed E-state index contributed by atoms with van der Waals surface area (Å²) in [7, 11) is 4.25. The number of nitrogens with zero attached hydrogens (tertiary/aromatic N) is 2. The smallest absolute Gasteiger partial charge is 0.138 e. The Kier molecular flexibility index (Phi) is 4.15. The Bertz CT molecular complexity index is 422. The highest BCUT2D eigenvalue weighted by Crippen LogP contribution is 2.29. The third-order valence-corrected chi connectivity index (χ3v) is 4.08. The summed E-state index contributed by atoms with van der Waals surface area (Å²) < 4.78 is 0. The third kappa shape index (κ3) is 2.79. The number of para-hydroxylation sites is 1. The Labute approximate surface area is 114 Å². The normalized spacial score (nSPS) is 24.9. The Hall–Kier alpha value is -0.770. The molecule has 2 atom stereocenters. The quantitative estimate of drug-likeness (QED) is 0.912. The first-order valence-electron chi connectivity index (χ1n) is 6.34. The lowest BCUT2D eigenvalue weighted by Gasteiger charge is -2.22. The zero-order valence-electron chi connectivity index (χ0n) is 11.2. The topological polar surface area (TPSA) is 26.7 Å². The molecular formula is C14H21ClN2O. The van der Waals surface area contributed by atoms with Gasteiger partial charge in [0, 0.05) is 31.2 Å². The van der Waals surface area contributed by atoms with Crippen LogP contribution in [0.5, 0.6) is 5.75 Å². The molecule has 1 aromatic rings. The van der Waals surface area contributed by atoms with E-state index in [1.807, 2.05) is 12.1 Å². The fraction of sp³-hybridized carbons (Fsp3) is 0.571. The number of hydrogen-bond acceptors (Lipinski definition) is 3. The molecule has 0 amide bonds. The number of likely N-dealkylation sites (N-methyl/N-ethyl adjacent to an activating group) is 1. The zero-order chi connectivity index (χ0) is 13.3. The average Bonchev–Trinajstić information content (AvgIpc) is 2.66. The molecule has 1 saturated heterocycles. The van der Waals surface area contributed by atoms with Gasteiger partial charge in [0.2, 0.25) is 0 Å². The molecule has 0 spiro atoms. The third-order valence-electron chi connectivity index (χ3n) is 3.78. The largest absolute Gasteiger partial charge is 0.506 e. The molecule has 2 rings (SSSR count). The summed E-state index contributed by atoms with van der Waals surface area (Å²) in [5.74, 6) is 0.876. The Morgan fingerprint density at radius 3 is 2.72 bits per heavy atom. The number of rotatable bonds is 3. The summed E-state index contributed by atoms with van der Waals surface area (Å²) in [5.41, 5.74) is 0.911. The van der Waals surface area contributed by atoms with Crippen molar-refractivity contribution in [1.29, 1.82) is 0 Å². The van der Waals surface area contributed by atoms with Gasteiger partial charge in [-0.3, -0.25) is 4.90 Å². The first-order valence-corrected chi connectivity index (χ1v) is 6.72. The van der Waals surface area contributed by atoms with Crippen molar-refractivity contribution < 1.29 is 5.11 Å². The van der Waals surface area contributed by atoms with Crippen LogP contribution in [0.15, 0.2) is 18.2 Å². The highest BCUT2D eigenvalue weighted by Gasteiger charge is 2.31. The first-order chi connectivity index (χ1) is 8.49. The Morgan fingerprint density at radius 1 is 1.39 bits per heavy atom. The van der Waals surface area contributed by atoms with Crippen molar-refractivity contribution in [3.63, 3.8) is 0 Å². The van der Waals surface area contributed by atoms with E-state index in [9.17, 15) is 5.11 Å². The summed E-state index contributed by atoms with van der Waals surface area (Å²) in [4.78, 5) is 4.66. The monoisotopic (exact) mass is 268 g/mol. The lowest BCUT2D eigenvalue weighted by atomic mass is 10.1. The van der Waals surface area contributed by atoms with E-state index >= 15 is 0 Å². The molecule has 2 unspecified atom stereocenters. The number of likely N-dealkylation sites (tertiary alicyclic amines) is 1. The maximum absolute atomic E-state index is 9.93. The second kappa shape index (κ2) is 5.47. The lowest BCUT2D eigenvalue weighted by Crippen LogP contribution is -2.34. The standard InChI is InChI=1S/C14H21ClN2O/c1-10-7-17(9-13(10)16(2)3)8-11-5-4-6-12(15)14(11)18/h4-6,10,13,18H,7-9H2,1-3H3. The zero-order valence-corrected chi connectivity index (χ0v) is 12.0. The van der Waals surface area contributed by atoms with Gasteiger partial charge in [-0.1, -0.05) is 30.7 Å². The van der Waals surface area contributed by atoms with Crippen LogP contribution in [-0.2, 0) is 6.54 Å². The summed E-state index contributed by atoms with van der Waals surface area (Å²) in [5, 5.41) is 10.4. The van der Waals surface area contributed by atoms with E-state index in [4.69, 9.17) is 11.6 Å². The molecule has 1 fully saturated rings. The van der Waals surface area contributed by atoms with Crippen molar-refractivity contribution in [3.05, 3.63) is 28.8 Å². The van der Waals surface area contributed by atoms with E-state index in [0.717, 1.165) is 25.2 Å². The highest BCUT2D eigenvalue weighted by molar-refractivity contribution is 6.32. The number of benzene rings is 1. The van der Waals surface area contributed by atoms with Crippen molar-refractivity contribution in [2.75, 3.05) is 27.2 Å². The first kappa shape index (κ1) is 13.7. The van der Waals surface area contributed by atoms with Gasteiger partial charge >= 0.3 is 0 Å². The predicted octanol–water partition coefficient (Wildman–Crippen LogP) is 2.43. The minimum absolute atomic E-state index is 0.222. The minimum atomic E-state index is 0.222. The van der Waals surface area contributed by atoms with Crippen molar-refractivity contribution in [1.82, 2.24) is 9.80 Å². The van der Waals surface area contributed by atoms with Gasteiger partial charge in [0.15, 0.2) is 0 Å². The molecule has 1 aliphatic heterocycles. The number of hydrogen-bond donors (Lipinski definition) is 1. The van der Waals surface area contributed by atoms with Gasteiger partial charge in [-0.15, -0.1) is 0 Å². The van der Waals surface area contributed by atoms with Crippen LogP contribution < -0.4 is 0 Å². The van der Waals surface area contributed by atoms with Crippen LogP contribution in [0, 0.1) is 5.92 Å². The molecule has 1 N–H and O–H groups in total. The van der Waals surface area contributed by atoms with Crippen molar-refractivity contribution in [2.45, 2.75) is 19.5 Å². The maximum Gasteiger partial charge on any atom is 0.138 e. The number of phenols is 1. The molecule has 4 heteroatoms.